The second kappa shape index (κ2) is 9.02. The average molecular weight is 495 g/mol. The second-order valence-electron chi connectivity index (χ2n) is 11.1. The van der Waals surface area contributed by atoms with Gasteiger partial charge in [0.15, 0.2) is 0 Å². The van der Waals surface area contributed by atoms with Crippen molar-refractivity contribution in [2.45, 2.75) is 71.0 Å². The van der Waals surface area contributed by atoms with E-state index in [0.29, 0.717) is 31.6 Å². The van der Waals surface area contributed by atoms with Crippen molar-refractivity contribution in [1.82, 2.24) is 10.2 Å². The fraction of sp³-hybridized carbons (Fsp3) is 0.640. The van der Waals surface area contributed by atoms with Gasteiger partial charge in [-0.2, -0.15) is 13.2 Å². The molecule has 192 valence electrons. The molecule has 4 amide bonds. The van der Waals surface area contributed by atoms with Gasteiger partial charge in [0.25, 0.3) is 5.91 Å². The quantitative estimate of drug-likeness (QED) is 0.591. The van der Waals surface area contributed by atoms with E-state index >= 15 is 0 Å². The van der Waals surface area contributed by atoms with Crippen LogP contribution in [0.3, 0.4) is 0 Å². The molecule has 4 rings (SSSR count). The van der Waals surface area contributed by atoms with E-state index in [2.05, 4.69) is 24.5 Å². The van der Waals surface area contributed by atoms with E-state index in [0.717, 1.165) is 42.7 Å². The van der Waals surface area contributed by atoms with Crippen molar-refractivity contribution < 1.29 is 27.6 Å². The number of piperidine rings is 1. The first kappa shape index (κ1) is 25.3. The molecular weight excluding hydrogens is 461 g/mol. The Morgan fingerprint density at radius 1 is 1.14 bits per heavy atom. The van der Waals surface area contributed by atoms with Gasteiger partial charge in [0.1, 0.15) is 12.1 Å². The molecule has 1 saturated carbocycles. The number of benzene rings is 1. The molecule has 35 heavy (non-hydrogen) atoms. The van der Waals surface area contributed by atoms with Crippen LogP contribution in [0.1, 0.15) is 64.9 Å². The Morgan fingerprint density at radius 2 is 1.83 bits per heavy atom. The molecule has 2 aliphatic heterocycles. The van der Waals surface area contributed by atoms with Crippen molar-refractivity contribution in [1.29, 1.82) is 0 Å². The number of carbonyl (C=O) groups is 3. The van der Waals surface area contributed by atoms with Crippen molar-refractivity contribution in [3.63, 3.8) is 0 Å². The number of alkyl halides is 3. The summed E-state index contributed by atoms with van der Waals surface area (Å²) < 4.78 is 40.1. The van der Waals surface area contributed by atoms with Gasteiger partial charge in [0, 0.05) is 13.1 Å². The minimum atomic E-state index is -4.57. The number of urea groups is 1. The van der Waals surface area contributed by atoms with Crippen LogP contribution >= 0.6 is 0 Å². The van der Waals surface area contributed by atoms with E-state index in [1.807, 2.05) is 11.8 Å². The minimum Gasteiger partial charge on any atom is -0.370 e. The Kier molecular flexibility index (Phi) is 6.53. The molecule has 0 aromatic heterocycles. The first-order valence-corrected chi connectivity index (χ1v) is 12.2. The highest BCUT2D eigenvalue weighted by Crippen LogP contribution is 2.46. The third kappa shape index (κ3) is 5.26. The highest BCUT2D eigenvalue weighted by molar-refractivity contribution is 6.10. The van der Waals surface area contributed by atoms with Crippen LogP contribution in [0.4, 0.5) is 29.3 Å². The van der Waals surface area contributed by atoms with Gasteiger partial charge in [0.2, 0.25) is 5.91 Å². The van der Waals surface area contributed by atoms with Gasteiger partial charge >= 0.3 is 12.2 Å². The number of halogens is 3. The van der Waals surface area contributed by atoms with E-state index in [9.17, 15) is 27.6 Å². The molecule has 0 radical (unpaired) electrons. The topological polar surface area (TPSA) is 81.8 Å². The predicted molar refractivity (Wildman–Crippen MR) is 126 cm³/mol. The standard InChI is InChI=1S/C25H33F3N4O3/c1-16-12-23(2,3)15-24(13-16)21(34)32(22(35)30-24)14-20(33)29-18-11-17(25(26,27)28)7-8-19(18)31-9-5-4-6-10-31/h7-8,11,16H,4-6,9-10,12-15H2,1-3H3,(H,29,33)(H,30,35)/t16-,24-/m0/s1. The molecule has 0 bridgehead atoms. The van der Waals surface area contributed by atoms with Crippen LogP contribution in [0.15, 0.2) is 18.2 Å². The lowest BCUT2D eigenvalue weighted by atomic mass is 9.64. The summed E-state index contributed by atoms with van der Waals surface area (Å²) in [6, 6.07) is 2.65. The number of anilines is 2. The van der Waals surface area contributed by atoms with Gasteiger partial charge < -0.3 is 15.5 Å². The second-order valence-corrected chi connectivity index (χ2v) is 11.1. The first-order chi connectivity index (χ1) is 16.3. The molecule has 3 aliphatic rings. The fourth-order valence-electron chi connectivity index (χ4n) is 6.21. The Labute approximate surface area is 203 Å². The van der Waals surface area contributed by atoms with Gasteiger partial charge in [-0.15, -0.1) is 0 Å². The molecule has 2 heterocycles. The van der Waals surface area contributed by atoms with Crippen LogP contribution < -0.4 is 15.5 Å². The van der Waals surface area contributed by atoms with Gasteiger partial charge in [-0.25, -0.2) is 4.79 Å². The highest BCUT2D eigenvalue weighted by Gasteiger charge is 2.56. The van der Waals surface area contributed by atoms with Crippen molar-refractivity contribution in [3.8, 4) is 0 Å². The van der Waals surface area contributed by atoms with Crippen LogP contribution in [-0.4, -0.2) is 47.9 Å². The molecule has 7 nitrogen and oxygen atoms in total. The van der Waals surface area contributed by atoms with Crippen molar-refractivity contribution in [2.24, 2.45) is 11.3 Å². The SMILES string of the molecule is C[C@H]1CC(C)(C)C[C@]2(C1)NC(=O)N(CC(=O)Nc1cc(C(F)(F)F)ccc1N1CCCCC1)C2=O. The van der Waals surface area contributed by atoms with Crippen LogP contribution in [0.2, 0.25) is 0 Å². The van der Waals surface area contributed by atoms with E-state index in [1.165, 1.54) is 6.07 Å². The van der Waals surface area contributed by atoms with Crippen molar-refractivity contribution in [2.75, 3.05) is 29.9 Å². The molecule has 1 aliphatic carbocycles. The number of nitrogens with zero attached hydrogens (tertiary/aromatic N) is 2. The largest absolute Gasteiger partial charge is 0.416 e. The minimum absolute atomic E-state index is 0.0286. The maximum absolute atomic E-state index is 13.4. The van der Waals surface area contributed by atoms with Crippen molar-refractivity contribution in [3.05, 3.63) is 23.8 Å². The lowest BCUT2D eigenvalue weighted by molar-refractivity contribution is -0.137. The fourth-order valence-corrected chi connectivity index (χ4v) is 6.21. The van der Waals surface area contributed by atoms with E-state index in [1.54, 1.807) is 0 Å². The lowest BCUT2D eigenvalue weighted by Gasteiger charge is -2.43. The first-order valence-electron chi connectivity index (χ1n) is 12.2. The molecule has 2 atom stereocenters. The number of nitrogens with one attached hydrogen (secondary N) is 2. The summed E-state index contributed by atoms with van der Waals surface area (Å²) in [4.78, 5) is 41.8. The maximum Gasteiger partial charge on any atom is 0.416 e. The summed E-state index contributed by atoms with van der Waals surface area (Å²) >= 11 is 0. The molecule has 1 aromatic rings. The summed E-state index contributed by atoms with van der Waals surface area (Å²) in [5.74, 6) is -0.946. The Balaban J connectivity index is 1.54. The van der Waals surface area contributed by atoms with Crippen LogP contribution in [0.25, 0.3) is 0 Å². The number of carbonyl (C=O) groups excluding carboxylic acids is 3. The van der Waals surface area contributed by atoms with Crippen LogP contribution in [0.5, 0.6) is 0 Å². The van der Waals surface area contributed by atoms with Gasteiger partial charge in [-0.1, -0.05) is 20.8 Å². The zero-order chi connectivity index (χ0) is 25.6. The monoisotopic (exact) mass is 494 g/mol. The smallest absolute Gasteiger partial charge is 0.370 e. The van der Waals surface area contributed by atoms with E-state index in [-0.39, 0.29) is 17.0 Å². The number of amides is 4. The van der Waals surface area contributed by atoms with Crippen LogP contribution in [0, 0.1) is 11.3 Å². The Morgan fingerprint density at radius 3 is 2.46 bits per heavy atom. The van der Waals surface area contributed by atoms with Crippen LogP contribution in [-0.2, 0) is 15.8 Å². The summed E-state index contributed by atoms with van der Waals surface area (Å²) in [6.45, 7) is 6.93. The summed E-state index contributed by atoms with van der Waals surface area (Å²) in [5, 5.41) is 5.37. The lowest BCUT2D eigenvalue weighted by Crippen LogP contribution is -2.54. The molecule has 2 saturated heterocycles. The highest BCUT2D eigenvalue weighted by atomic mass is 19.4. The number of rotatable bonds is 4. The molecule has 2 N–H and O–H groups in total. The van der Waals surface area contributed by atoms with E-state index < -0.39 is 41.7 Å². The summed E-state index contributed by atoms with van der Waals surface area (Å²) in [5.41, 5.74) is -1.54. The maximum atomic E-state index is 13.4. The number of imide groups is 1. The van der Waals surface area contributed by atoms with E-state index in [4.69, 9.17) is 0 Å². The molecule has 0 unspecified atom stereocenters. The molecule has 10 heteroatoms. The molecule has 1 spiro atoms. The zero-order valence-electron chi connectivity index (χ0n) is 20.4. The zero-order valence-corrected chi connectivity index (χ0v) is 20.4. The molecule has 3 fully saturated rings. The average Bonchev–Trinajstić information content (AvgIpc) is 2.95. The normalized spacial score (nSPS) is 26.7. The van der Waals surface area contributed by atoms with Gasteiger partial charge in [-0.05, 0) is 68.1 Å². The number of hydrogen-bond donors (Lipinski definition) is 2. The summed E-state index contributed by atoms with van der Waals surface area (Å²) in [6.07, 6.45) is 0.185. The van der Waals surface area contributed by atoms with Crippen molar-refractivity contribution >= 4 is 29.2 Å². The predicted octanol–water partition coefficient (Wildman–Crippen LogP) is 4.77. The number of hydrogen-bond acceptors (Lipinski definition) is 4. The summed E-state index contributed by atoms with van der Waals surface area (Å²) in [7, 11) is 0. The molecular formula is C25H33F3N4O3. The third-order valence-electron chi connectivity index (χ3n) is 7.22. The molecule has 1 aromatic carbocycles. The Hall–Kier alpha value is -2.78. The third-order valence-corrected chi connectivity index (χ3v) is 7.22. The van der Waals surface area contributed by atoms with Gasteiger partial charge in [-0.3, -0.25) is 14.5 Å². The Bertz CT molecular complexity index is 1020. The van der Waals surface area contributed by atoms with Gasteiger partial charge in [0.05, 0.1) is 16.9 Å².